The zero-order chi connectivity index (χ0) is 7.90. The first kappa shape index (κ1) is 7.06. The second-order valence-corrected chi connectivity index (χ2v) is 3.47. The van der Waals surface area contributed by atoms with Crippen LogP contribution < -0.4 is 16.4 Å². The lowest BCUT2D eigenvalue weighted by atomic mass is 9.91. The van der Waals surface area contributed by atoms with E-state index in [-0.39, 0.29) is 5.91 Å². The van der Waals surface area contributed by atoms with Crippen molar-refractivity contribution in [3.05, 3.63) is 0 Å². The van der Waals surface area contributed by atoms with Gasteiger partial charge < -0.3 is 11.1 Å². The lowest BCUT2D eigenvalue weighted by Gasteiger charge is -2.40. The van der Waals surface area contributed by atoms with E-state index < -0.39 is 5.54 Å². The number of hydrogen-bond donors (Lipinski definition) is 3. The zero-order valence-corrected chi connectivity index (χ0v) is 6.39. The number of hydrogen-bond acceptors (Lipinski definition) is 3. The van der Waals surface area contributed by atoms with Crippen molar-refractivity contribution in [2.24, 2.45) is 5.73 Å². The predicted molar refractivity (Wildman–Crippen MR) is 41.0 cm³/mol. The molecule has 4 N–H and O–H groups in total. The van der Waals surface area contributed by atoms with Gasteiger partial charge in [-0.05, 0) is 12.8 Å². The summed E-state index contributed by atoms with van der Waals surface area (Å²) in [5.41, 5.74) is 4.85. The van der Waals surface area contributed by atoms with Crippen molar-refractivity contribution < 1.29 is 4.79 Å². The second kappa shape index (κ2) is 2.19. The average molecular weight is 155 g/mol. The largest absolute Gasteiger partial charge is 0.368 e. The molecule has 1 saturated heterocycles. The summed E-state index contributed by atoms with van der Waals surface area (Å²) < 4.78 is 0. The minimum absolute atomic E-state index is 0.219. The molecule has 0 radical (unpaired) electrons. The van der Waals surface area contributed by atoms with Crippen LogP contribution in [0.1, 0.15) is 12.8 Å². The Morgan fingerprint density at radius 1 is 1.55 bits per heavy atom. The molecule has 0 spiro atoms. The molecule has 0 atom stereocenters. The molecule has 1 aliphatic carbocycles. The van der Waals surface area contributed by atoms with Crippen LogP contribution in [0.4, 0.5) is 0 Å². The highest BCUT2D eigenvalue weighted by molar-refractivity contribution is 5.86. The minimum Gasteiger partial charge on any atom is -0.368 e. The molecular formula is C7H13N3O. The highest BCUT2D eigenvalue weighted by Gasteiger charge is 2.45. The van der Waals surface area contributed by atoms with E-state index in [1.165, 1.54) is 12.8 Å². The number of carbonyl (C=O) groups is 1. The van der Waals surface area contributed by atoms with Gasteiger partial charge in [0.05, 0.1) is 0 Å². The number of primary amides is 1. The fourth-order valence-corrected chi connectivity index (χ4v) is 1.34. The highest BCUT2D eigenvalue weighted by atomic mass is 16.1. The van der Waals surface area contributed by atoms with Crippen LogP contribution in [0.15, 0.2) is 0 Å². The fourth-order valence-electron chi connectivity index (χ4n) is 1.34. The fraction of sp³-hybridized carbons (Fsp3) is 0.857. The van der Waals surface area contributed by atoms with Gasteiger partial charge in [-0.1, -0.05) is 0 Å². The van der Waals surface area contributed by atoms with Gasteiger partial charge in [-0.3, -0.25) is 10.1 Å². The van der Waals surface area contributed by atoms with E-state index in [9.17, 15) is 4.79 Å². The Morgan fingerprint density at radius 3 is 2.45 bits per heavy atom. The second-order valence-electron chi connectivity index (χ2n) is 3.47. The van der Waals surface area contributed by atoms with Gasteiger partial charge in [0.25, 0.3) is 0 Å². The Kier molecular flexibility index (Phi) is 1.40. The van der Waals surface area contributed by atoms with E-state index in [2.05, 4.69) is 10.6 Å². The van der Waals surface area contributed by atoms with E-state index in [4.69, 9.17) is 5.73 Å². The van der Waals surface area contributed by atoms with Crippen LogP contribution in [0.2, 0.25) is 0 Å². The smallest absolute Gasteiger partial charge is 0.240 e. The van der Waals surface area contributed by atoms with Crippen molar-refractivity contribution >= 4 is 5.91 Å². The molecule has 0 aromatic carbocycles. The summed E-state index contributed by atoms with van der Waals surface area (Å²) in [6, 6.07) is 0.546. The van der Waals surface area contributed by atoms with Crippen LogP contribution in [-0.4, -0.2) is 30.6 Å². The molecular weight excluding hydrogens is 142 g/mol. The van der Waals surface area contributed by atoms with Gasteiger partial charge in [0.2, 0.25) is 5.91 Å². The SMILES string of the molecule is NC(=O)C1(NC2CC2)CNC1. The van der Waals surface area contributed by atoms with Crippen molar-refractivity contribution in [3.8, 4) is 0 Å². The summed E-state index contributed by atoms with van der Waals surface area (Å²) in [6.07, 6.45) is 2.38. The van der Waals surface area contributed by atoms with Gasteiger partial charge in [-0.2, -0.15) is 0 Å². The van der Waals surface area contributed by atoms with Crippen LogP contribution in [0.5, 0.6) is 0 Å². The summed E-state index contributed by atoms with van der Waals surface area (Å²) in [5, 5.41) is 6.32. The molecule has 4 nitrogen and oxygen atoms in total. The number of carbonyl (C=O) groups excluding carboxylic acids is 1. The average Bonchev–Trinajstić information content (AvgIpc) is 2.60. The Labute approximate surface area is 65.5 Å². The van der Waals surface area contributed by atoms with Crippen LogP contribution in [-0.2, 0) is 4.79 Å². The van der Waals surface area contributed by atoms with Gasteiger partial charge in [0.1, 0.15) is 5.54 Å². The topological polar surface area (TPSA) is 67.2 Å². The van der Waals surface area contributed by atoms with Crippen LogP contribution in [0.25, 0.3) is 0 Å². The summed E-state index contributed by atoms with van der Waals surface area (Å²) in [5.74, 6) is -0.219. The first-order valence-electron chi connectivity index (χ1n) is 4.01. The molecule has 0 bridgehead atoms. The van der Waals surface area contributed by atoms with Crippen LogP contribution in [0, 0.1) is 0 Å². The predicted octanol–water partition coefficient (Wildman–Crippen LogP) is -1.43. The summed E-state index contributed by atoms with van der Waals surface area (Å²) in [4.78, 5) is 11.0. The number of amides is 1. The van der Waals surface area contributed by atoms with Gasteiger partial charge in [-0.25, -0.2) is 0 Å². The van der Waals surface area contributed by atoms with Gasteiger partial charge >= 0.3 is 0 Å². The Hall–Kier alpha value is -0.610. The minimum atomic E-state index is -0.416. The third-order valence-corrected chi connectivity index (χ3v) is 2.38. The van der Waals surface area contributed by atoms with Gasteiger partial charge in [0, 0.05) is 19.1 Å². The Bertz CT molecular complexity index is 184. The van der Waals surface area contributed by atoms with Crippen molar-refractivity contribution in [1.29, 1.82) is 0 Å². The number of rotatable bonds is 3. The van der Waals surface area contributed by atoms with Gasteiger partial charge in [-0.15, -0.1) is 0 Å². The first-order valence-corrected chi connectivity index (χ1v) is 4.01. The van der Waals surface area contributed by atoms with Crippen molar-refractivity contribution in [2.45, 2.75) is 24.4 Å². The molecule has 11 heavy (non-hydrogen) atoms. The molecule has 1 heterocycles. The monoisotopic (exact) mass is 155 g/mol. The van der Waals surface area contributed by atoms with E-state index in [1.807, 2.05) is 0 Å². The molecule has 1 saturated carbocycles. The maximum atomic E-state index is 11.0. The molecule has 62 valence electrons. The molecule has 4 heteroatoms. The molecule has 0 unspecified atom stereocenters. The van der Waals surface area contributed by atoms with Crippen molar-refractivity contribution in [2.75, 3.05) is 13.1 Å². The maximum Gasteiger partial charge on any atom is 0.240 e. The van der Waals surface area contributed by atoms with Gasteiger partial charge in [0.15, 0.2) is 0 Å². The standard InChI is InChI=1S/C7H13N3O/c8-6(11)7(3-9-4-7)10-5-1-2-5/h5,9-10H,1-4H2,(H2,8,11). The lowest BCUT2D eigenvalue weighted by Crippen LogP contribution is -2.74. The van der Waals surface area contributed by atoms with E-state index in [0.29, 0.717) is 19.1 Å². The normalized spacial score (nSPS) is 27.6. The molecule has 2 fully saturated rings. The molecule has 1 aliphatic heterocycles. The van der Waals surface area contributed by atoms with Crippen molar-refractivity contribution in [3.63, 3.8) is 0 Å². The van der Waals surface area contributed by atoms with E-state index in [1.54, 1.807) is 0 Å². The molecule has 0 aromatic heterocycles. The molecule has 2 rings (SSSR count). The van der Waals surface area contributed by atoms with E-state index in [0.717, 1.165) is 0 Å². The van der Waals surface area contributed by atoms with Crippen molar-refractivity contribution in [1.82, 2.24) is 10.6 Å². The molecule has 0 aromatic rings. The number of nitrogens with one attached hydrogen (secondary N) is 2. The van der Waals surface area contributed by atoms with Crippen LogP contribution in [0.3, 0.4) is 0 Å². The Morgan fingerprint density at radius 2 is 2.18 bits per heavy atom. The summed E-state index contributed by atoms with van der Waals surface area (Å²) in [6.45, 7) is 1.39. The quantitative estimate of drug-likeness (QED) is 0.468. The third kappa shape index (κ3) is 1.12. The summed E-state index contributed by atoms with van der Waals surface area (Å²) in [7, 11) is 0. The molecule has 2 aliphatic rings. The van der Waals surface area contributed by atoms with E-state index >= 15 is 0 Å². The summed E-state index contributed by atoms with van der Waals surface area (Å²) >= 11 is 0. The highest BCUT2D eigenvalue weighted by Crippen LogP contribution is 2.24. The first-order chi connectivity index (χ1) is 5.23. The molecule has 1 amide bonds. The Balaban J connectivity index is 1.97. The third-order valence-electron chi connectivity index (χ3n) is 2.38. The zero-order valence-electron chi connectivity index (χ0n) is 6.39. The number of nitrogens with two attached hydrogens (primary N) is 1. The maximum absolute atomic E-state index is 11.0. The lowest BCUT2D eigenvalue weighted by molar-refractivity contribution is -0.126. The van der Waals surface area contributed by atoms with Crippen LogP contribution >= 0.6 is 0 Å².